The molecule has 1 fully saturated rings. The second-order valence-electron chi connectivity index (χ2n) is 7.53. The lowest BCUT2D eigenvalue weighted by molar-refractivity contribution is -0.122. The molecule has 8 heteroatoms. The summed E-state index contributed by atoms with van der Waals surface area (Å²) in [7, 11) is 0. The predicted molar refractivity (Wildman–Crippen MR) is 133 cm³/mol. The number of aromatic carboxylic acids is 1. The number of carboxylic acid groups (broad SMARTS) is 1. The lowest BCUT2D eigenvalue weighted by Crippen LogP contribution is -2.32. The molecule has 2 heterocycles. The first-order chi connectivity index (χ1) is 16.5. The van der Waals surface area contributed by atoms with Gasteiger partial charge in [0.15, 0.2) is 5.17 Å². The van der Waals surface area contributed by atoms with Gasteiger partial charge in [-0.25, -0.2) is 9.79 Å². The van der Waals surface area contributed by atoms with E-state index < -0.39 is 5.97 Å². The molecule has 0 bridgehead atoms. The van der Waals surface area contributed by atoms with E-state index in [9.17, 15) is 14.7 Å². The van der Waals surface area contributed by atoms with Crippen molar-refractivity contribution in [3.05, 3.63) is 82.5 Å². The van der Waals surface area contributed by atoms with Crippen molar-refractivity contribution in [2.24, 2.45) is 4.99 Å². The molecule has 1 saturated heterocycles. The van der Waals surface area contributed by atoms with Crippen molar-refractivity contribution >= 4 is 40.6 Å². The monoisotopic (exact) mass is 476 g/mol. The van der Waals surface area contributed by atoms with Gasteiger partial charge in [0.2, 0.25) is 0 Å². The fraction of sp³-hybridized carbons (Fsp3) is 0.192. The highest BCUT2D eigenvalue weighted by Crippen LogP contribution is 2.35. The second kappa shape index (κ2) is 10.5. The Morgan fingerprint density at radius 1 is 1.18 bits per heavy atom. The molecule has 1 amide bonds. The van der Waals surface area contributed by atoms with Gasteiger partial charge < -0.3 is 14.3 Å². The highest BCUT2D eigenvalue weighted by Gasteiger charge is 2.33. The van der Waals surface area contributed by atoms with Gasteiger partial charge >= 0.3 is 5.97 Å². The van der Waals surface area contributed by atoms with Crippen molar-refractivity contribution in [1.29, 1.82) is 0 Å². The maximum atomic E-state index is 13.1. The van der Waals surface area contributed by atoms with Crippen LogP contribution in [0.2, 0.25) is 0 Å². The Hall–Kier alpha value is -3.62. The van der Waals surface area contributed by atoms with E-state index in [0.29, 0.717) is 41.4 Å². The number of ether oxygens (including phenoxy) is 1. The molecule has 1 aliphatic rings. The summed E-state index contributed by atoms with van der Waals surface area (Å²) in [6, 6.07) is 18.0. The van der Waals surface area contributed by atoms with E-state index in [2.05, 4.69) is 4.99 Å². The summed E-state index contributed by atoms with van der Waals surface area (Å²) < 4.78 is 11.4. The molecule has 174 valence electrons. The second-order valence-corrected chi connectivity index (χ2v) is 8.54. The zero-order valence-corrected chi connectivity index (χ0v) is 19.7. The van der Waals surface area contributed by atoms with Crippen LogP contribution in [0.4, 0.5) is 5.69 Å². The quantitative estimate of drug-likeness (QED) is 0.336. The molecule has 0 saturated carbocycles. The van der Waals surface area contributed by atoms with Crippen LogP contribution < -0.4 is 0 Å². The Balaban J connectivity index is 1.60. The van der Waals surface area contributed by atoms with Gasteiger partial charge in [0.1, 0.15) is 11.5 Å². The van der Waals surface area contributed by atoms with E-state index in [1.807, 2.05) is 50.2 Å². The van der Waals surface area contributed by atoms with Gasteiger partial charge in [0.05, 0.1) is 29.3 Å². The summed E-state index contributed by atoms with van der Waals surface area (Å²) in [5, 5.41) is 9.77. The van der Waals surface area contributed by atoms with Crippen LogP contribution in [-0.2, 0) is 9.53 Å². The van der Waals surface area contributed by atoms with Crippen LogP contribution in [0.3, 0.4) is 0 Å². The van der Waals surface area contributed by atoms with Crippen molar-refractivity contribution in [1.82, 2.24) is 4.90 Å². The number of amidine groups is 1. The van der Waals surface area contributed by atoms with Crippen molar-refractivity contribution in [3.63, 3.8) is 0 Å². The van der Waals surface area contributed by atoms with Gasteiger partial charge in [0, 0.05) is 18.2 Å². The number of aliphatic imine (C=N–C) groups is 1. The Morgan fingerprint density at radius 3 is 2.68 bits per heavy atom. The summed E-state index contributed by atoms with van der Waals surface area (Å²) in [4.78, 5) is 31.1. The van der Waals surface area contributed by atoms with Gasteiger partial charge in [-0.1, -0.05) is 24.3 Å². The van der Waals surface area contributed by atoms with Gasteiger partial charge in [-0.3, -0.25) is 9.69 Å². The number of nitrogens with zero attached hydrogens (tertiary/aromatic N) is 2. The minimum absolute atomic E-state index is 0.153. The third-order valence-electron chi connectivity index (χ3n) is 5.17. The number of hydrogen-bond acceptors (Lipinski definition) is 6. The van der Waals surface area contributed by atoms with Gasteiger partial charge in [-0.15, -0.1) is 0 Å². The number of benzene rings is 2. The average Bonchev–Trinajstić information content (AvgIpc) is 3.40. The van der Waals surface area contributed by atoms with Crippen molar-refractivity contribution in [2.45, 2.75) is 13.8 Å². The minimum Gasteiger partial charge on any atom is -0.478 e. The molecule has 2 aromatic carbocycles. The van der Waals surface area contributed by atoms with Gasteiger partial charge in [-0.2, -0.15) is 0 Å². The number of carboxylic acids is 1. The summed E-state index contributed by atoms with van der Waals surface area (Å²) in [5.41, 5.74) is 2.57. The van der Waals surface area contributed by atoms with E-state index in [-0.39, 0.29) is 11.5 Å². The molecule has 0 spiro atoms. The summed E-state index contributed by atoms with van der Waals surface area (Å²) in [5.74, 6) is -0.00105. The molecule has 0 unspecified atom stereocenters. The molecule has 1 aromatic heterocycles. The highest BCUT2D eigenvalue weighted by molar-refractivity contribution is 8.18. The molecule has 0 radical (unpaired) electrons. The Kier molecular flexibility index (Phi) is 7.30. The fourth-order valence-corrected chi connectivity index (χ4v) is 4.48. The van der Waals surface area contributed by atoms with Crippen LogP contribution in [0.1, 0.15) is 28.6 Å². The first-order valence-electron chi connectivity index (χ1n) is 10.8. The SMILES string of the molecule is CCOCCN1C(=O)/C(=C/c2ccc(-c3ccc(C(=O)O)cc3C)o2)SC1=Nc1ccccc1. The Bertz CT molecular complexity index is 1260. The third-order valence-corrected chi connectivity index (χ3v) is 6.18. The molecular weight excluding hydrogens is 452 g/mol. The van der Waals surface area contributed by atoms with Crippen LogP contribution in [-0.4, -0.2) is 46.8 Å². The normalized spacial score (nSPS) is 16.1. The molecular formula is C26H24N2O5S. The van der Waals surface area contributed by atoms with Crippen LogP contribution in [0.5, 0.6) is 0 Å². The number of carbonyl (C=O) groups is 2. The van der Waals surface area contributed by atoms with Gasteiger partial charge in [-0.05, 0) is 67.6 Å². The summed E-state index contributed by atoms with van der Waals surface area (Å²) in [6.45, 7) is 5.14. The van der Waals surface area contributed by atoms with Crippen molar-refractivity contribution in [3.8, 4) is 11.3 Å². The first-order valence-corrected chi connectivity index (χ1v) is 11.6. The molecule has 1 aliphatic heterocycles. The van der Waals surface area contributed by atoms with Crippen LogP contribution in [0.15, 0.2) is 75.0 Å². The van der Waals surface area contributed by atoms with E-state index in [4.69, 9.17) is 9.15 Å². The number of thioether (sulfide) groups is 1. The van der Waals surface area contributed by atoms with Crippen LogP contribution >= 0.6 is 11.8 Å². The average molecular weight is 477 g/mol. The maximum absolute atomic E-state index is 13.1. The number of para-hydroxylation sites is 1. The molecule has 3 aromatic rings. The lowest BCUT2D eigenvalue weighted by atomic mass is 10.0. The lowest BCUT2D eigenvalue weighted by Gasteiger charge is -2.15. The first kappa shape index (κ1) is 23.5. The smallest absolute Gasteiger partial charge is 0.335 e. The highest BCUT2D eigenvalue weighted by atomic mass is 32.2. The van der Waals surface area contributed by atoms with E-state index in [1.54, 1.807) is 35.2 Å². The summed E-state index contributed by atoms with van der Waals surface area (Å²) >= 11 is 1.29. The molecule has 0 atom stereocenters. The van der Waals surface area contributed by atoms with Crippen molar-refractivity contribution in [2.75, 3.05) is 19.8 Å². The number of amides is 1. The van der Waals surface area contributed by atoms with Crippen LogP contribution in [0.25, 0.3) is 17.4 Å². The third kappa shape index (κ3) is 5.30. The number of hydrogen-bond donors (Lipinski definition) is 1. The fourth-order valence-electron chi connectivity index (χ4n) is 3.48. The summed E-state index contributed by atoms with van der Waals surface area (Å²) in [6.07, 6.45) is 1.71. The number of carbonyl (C=O) groups excluding carboxylic acids is 1. The number of furan rings is 1. The standard InChI is InChI=1S/C26H24N2O5S/c1-3-32-14-13-28-24(29)23(34-26(28)27-19-7-5-4-6-8-19)16-20-10-12-22(33-20)21-11-9-18(25(30)31)15-17(21)2/h4-12,15-16H,3,13-14H2,1-2H3,(H,30,31)/b23-16-,27-26?. The zero-order chi connectivity index (χ0) is 24.1. The molecule has 34 heavy (non-hydrogen) atoms. The van der Waals surface area contributed by atoms with Crippen molar-refractivity contribution < 1.29 is 23.8 Å². The Morgan fingerprint density at radius 2 is 1.97 bits per heavy atom. The Labute approximate surface area is 201 Å². The predicted octanol–water partition coefficient (Wildman–Crippen LogP) is 5.59. The largest absolute Gasteiger partial charge is 0.478 e. The number of aryl methyl sites for hydroxylation is 1. The maximum Gasteiger partial charge on any atom is 0.335 e. The van der Waals surface area contributed by atoms with E-state index >= 15 is 0 Å². The molecule has 1 N–H and O–H groups in total. The minimum atomic E-state index is -0.974. The van der Waals surface area contributed by atoms with Crippen LogP contribution in [0, 0.1) is 6.92 Å². The zero-order valence-electron chi connectivity index (χ0n) is 18.9. The molecule has 7 nitrogen and oxygen atoms in total. The molecule has 0 aliphatic carbocycles. The number of rotatable bonds is 8. The van der Waals surface area contributed by atoms with Gasteiger partial charge in [0.25, 0.3) is 5.91 Å². The van der Waals surface area contributed by atoms with E-state index in [1.165, 1.54) is 11.8 Å². The topological polar surface area (TPSA) is 92.3 Å². The van der Waals surface area contributed by atoms with E-state index in [0.717, 1.165) is 16.8 Å². The molecule has 4 rings (SSSR count).